The molecule has 3 nitrogen and oxygen atoms in total. The minimum Gasteiger partial charge on any atom is -0.376 e. The second-order valence-electron chi connectivity index (χ2n) is 4.87. The molecule has 0 aliphatic carbocycles. The Morgan fingerprint density at radius 3 is 2.68 bits per heavy atom. The van der Waals surface area contributed by atoms with Crippen molar-refractivity contribution in [2.24, 2.45) is 11.8 Å². The Morgan fingerprint density at radius 2 is 2.16 bits per heavy atom. The summed E-state index contributed by atoms with van der Waals surface area (Å²) in [6.07, 6.45) is -3.66. The number of rotatable bonds is 3. The van der Waals surface area contributed by atoms with E-state index in [0.717, 1.165) is 18.6 Å². The largest absolute Gasteiger partial charge is 0.416 e. The fourth-order valence-electron chi connectivity index (χ4n) is 2.43. The molecule has 1 heterocycles. The third-order valence-electron chi connectivity index (χ3n) is 3.53. The van der Waals surface area contributed by atoms with Crippen molar-refractivity contribution in [2.45, 2.75) is 31.7 Å². The van der Waals surface area contributed by atoms with Crippen LogP contribution in [0.25, 0.3) is 0 Å². The molecule has 1 saturated heterocycles. The molecule has 0 amide bonds. The standard InChI is InChI=1S/C13H17F3N2O/c1-8-5-6-19-12(8)11(18-17)9-3-2-4-10(7-9)13(14,15)16/h2-4,7-8,11-12,18H,5-6,17H2,1H3. The van der Waals surface area contributed by atoms with Crippen LogP contribution in [0.15, 0.2) is 24.3 Å². The highest BCUT2D eigenvalue weighted by molar-refractivity contribution is 5.29. The number of hydrazine groups is 1. The first-order chi connectivity index (χ1) is 8.93. The Labute approximate surface area is 109 Å². The van der Waals surface area contributed by atoms with Crippen molar-refractivity contribution < 1.29 is 17.9 Å². The normalized spacial score (nSPS) is 25.5. The van der Waals surface area contributed by atoms with Crippen molar-refractivity contribution >= 4 is 0 Å². The van der Waals surface area contributed by atoms with Crippen molar-refractivity contribution in [1.82, 2.24) is 5.43 Å². The summed E-state index contributed by atoms with van der Waals surface area (Å²) in [6.45, 7) is 2.62. The Kier molecular flexibility index (Phi) is 4.13. The van der Waals surface area contributed by atoms with Gasteiger partial charge in [-0.1, -0.05) is 19.1 Å². The van der Waals surface area contributed by atoms with E-state index in [1.165, 1.54) is 6.07 Å². The van der Waals surface area contributed by atoms with Gasteiger partial charge in [-0.15, -0.1) is 0 Å². The average molecular weight is 274 g/mol. The maximum Gasteiger partial charge on any atom is 0.416 e. The molecule has 0 bridgehead atoms. The number of halogens is 3. The molecule has 0 saturated carbocycles. The zero-order valence-corrected chi connectivity index (χ0v) is 10.6. The van der Waals surface area contributed by atoms with Gasteiger partial charge in [0.25, 0.3) is 0 Å². The first-order valence-corrected chi connectivity index (χ1v) is 6.18. The predicted molar refractivity (Wildman–Crippen MR) is 65.0 cm³/mol. The molecule has 1 aliphatic heterocycles. The Balaban J connectivity index is 2.28. The Morgan fingerprint density at radius 1 is 1.42 bits per heavy atom. The molecule has 3 atom stereocenters. The van der Waals surface area contributed by atoms with Crippen LogP contribution in [0.2, 0.25) is 0 Å². The van der Waals surface area contributed by atoms with E-state index in [9.17, 15) is 13.2 Å². The van der Waals surface area contributed by atoms with Crippen LogP contribution in [0.1, 0.15) is 30.5 Å². The number of ether oxygens (including phenoxy) is 1. The third-order valence-corrected chi connectivity index (χ3v) is 3.53. The maximum absolute atomic E-state index is 12.7. The topological polar surface area (TPSA) is 47.3 Å². The molecule has 19 heavy (non-hydrogen) atoms. The Bertz CT molecular complexity index is 436. The maximum atomic E-state index is 12.7. The highest BCUT2D eigenvalue weighted by Gasteiger charge is 2.35. The lowest BCUT2D eigenvalue weighted by atomic mass is 9.92. The van der Waals surface area contributed by atoms with Gasteiger partial charge < -0.3 is 4.74 Å². The van der Waals surface area contributed by atoms with E-state index in [0.29, 0.717) is 12.2 Å². The molecule has 1 aromatic rings. The van der Waals surface area contributed by atoms with Crippen LogP contribution in [-0.2, 0) is 10.9 Å². The molecule has 1 fully saturated rings. The molecule has 6 heteroatoms. The van der Waals surface area contributed by atoms with Crippen LogP contribution in [-0.4, -0.2) is 12.7 Å². The van der Waals surface area contributed by atoms with Crippen LogP contribution in [0, 0.1) is 5.92 Å². The van der Waals surface area contributed by atoms with Gasteiger partial charge in [-0.3, -0.25) is 11.3 Å². The molecule has 1 aromatic carbocycles. The number of hydrogen-bond acceptors (Lipinski definition) is 3. The average Bonchev–Trinajstić information content (AvgIpc) is 2.76. The summed E-state index contributed by atoms with van der Waals surface area (Å²) in [5.74, 6) is 5.75. The third kappa shape index (κ3) is 3.08. The van der Waals surface area contributed by atoms with Gasteiger partial charge in [0.05, 0.1) is 17.7 Å². The van der Waals surface area contributed by atoms with E-state index in [-0.39, 0.29) is 12.0 Å². The van der Waals surface area contributed by atoms with Gasteiger partial charge in [0, 0.05) is 6.61 Å². The first-order valence-electron chi connectivity index (χ1n) is 6.18. The predicted octanol–water partition coefficient (Wildman–Crippen LogP) is 2.63. The van der Waals surface area contributed by atoms with Crippen molar-refractivity contribution in [3.8, 4) is 0 Å². The van der Waals surface area contributed by atoms with Gasteiger partial charge in [0.1, 0.15) is 0 Å². The second kappa shape index (κ2) is 5.48. The number of nitrogens with two attached hydrogens (primary N) is 1. The smallest absolute Gasteiger partial charge is 0.376 e. The molecule has 1 aliphatic rings. The summed E-state index contributed by atoms with van der Waals surface area (Å²) in [6, 6.07) is 4.77. The lowest BCUT2D eigenvalue weighted by Gasteiger charge is -2.26. The number of benzene rings is 1. The van der Waals surface area contributed by atoms with Crippen LogP contribution in [0.4, 0.5) is 13.2 Å². The van der Waals surface area contributed by atoms with Gasteiger partial charge in [-0.05, 0) is 30.0 Å². The molecule has 106 valence electrons. The molecule has 2 rings (SSSR count). The molecule has 3 N–H and O–H groups in total. The van der Waals surface area contributed by atoms with Gasteiger partial charge in [0.2, 0.25) is 0 Å². The summed E-state index contributed by atoms with van der Waals surface area (Å²) >= 11 is 0. The molecule has 3 unspecified atom stereocenters. The van der Waals surface area contributed by atoms with Crippen molar-refractivity contribution in [2.75, 3.05) is 6.61 Å². The summed E-state index contributed by atoms with van der Waals surface area (Å²) in [5.41, 5.74) is 2.40. The zero-order valence-electron chi connectivity index (χ0n) is 10.6. The van der Waals surface area contributed by atoms with Crippen LogP contribution >= 0.6 is 0 Å². The molecular weight excluding hydrogens is 257 g/mol. The zero-order chi connectivity index (χ0) is 14.0. The highest BCUT2D eigenvalue weighted by Crippen LogP contribution is 2.34. The minimum atomic E-state index is -4.35. The van der Waals surface area contributed by atoms with E-state index >= 15 is 0 Å². The number of hydrogen-bond donors (Lipinski definition) is 2. The lowest BCUT2D eigenvalue weighted by molar-refractivity contribution is -0.137. The monoisotopic (exact) mass is 274 g/mol. The van der Waals surface area contributed by atoms with E-state index in [1.54, 1.807) is 6.07 Å². The van der Waals surface area contributed by atoms with Crippen molar-refractivity contribution in [3.05, 3.63) is 35.4 Å². The van der Waals surface area contributed by atoms with Gasteiger partial charge >= 0.3 is 6.18 Å². The lowest BCUT2D eigenvalue weighted by Crippen LogP contribution is -2.38. The molecular formula is C13H17F3N2O. The van der Waals surface area contributed by atoms with E-state index < -0.39 is 17.8 Å². The van der Waals surface area contributed by atoms with E-state index in [2.05, 4.69) is 5.43 Å². The van der Waals surface area contributed by atoms with Crippen molar-refractivity contribution in [1.29, 1.82) is 0 Å². The van der Waals surface area contributed by atoms with E-state index in [4.69, 9.17) is 10.6 Å². The Hall–Kier alpha value is -1.11. The fourth-order valence-corrected chi connectivity index (χ4v) is 2.43. The first kappa shape index (κ1) is 14.3. The quantitative estimate of drug-likeness (QED) is 0.658. The van der Waals surface area contributed by atoms with E-state index in [1.807, 2.05) is 6.92 Å². The molecule has 0 spiro atoms. The van der Waals surface area contributed by atoms with Crippen LogP contribution in [0.5, 0.6) is 0 Å². The SMILES string of the molecule is CC1CCOC1C(NN)c1cccc(C(F)(F)F)c1. The molecule has 0 aromatic heterocycles. The highest BCUT2D eigenvalue weighted by atomic mass is 19.4. The number of nitrogens with one attached hydrogen (secondary N) is 1. The second-order valence-corrected chi connectivity index (χ2v) is 4.87. The number of alkyl halides is 3. The van der Waals surface area contributed by atoms with Gasteiger partial charge in [0.15, 0.2) is 0 Å². The fraction of sp³-hybridized carbons (Fsp3) is 0.538. The summed E-state index contributed by atoms with van der Waals surface area (Å²) < 4.78 is 43.7. The van der Waals surface area contributed by atoms with Crippen LogP contribution < -0.4 is 11.3 Å². The minimum absolute atomic E-state index is 0.200. The summed E-state index contributed by atoms with van der Waals surface area (Å²) in [7, 11) is 0. The van der Waals surface area contributed by atoms with Crippen molar-refractivity contribution in [3.63, 3.8) is 0 Å². The van der Waals surface area contributed by atoms with Gasteiger partial charge in [-0.2, -0.15) is 13.2 Å². The van der Waals surface area contributed by atoms with Crippen LogP contribution in [0.3, 0.4) is 0 Å². The summed E-state index contributed by atoms with van der Waals surface area (Å²) in [4.78, 5) is 0. The summed E-state index contributed by atoms with van der Waals surface area (Å²) in [5, 5.41) is 0. The van der Waals surface area contributed by atoms with Gasteiger partial charge in [-0.25, -0.2) is 0 Å². The molecule has 0 radical (unpaired) electrons.